The highest BCUT2D eigenvalue weighted by Crippen LogP contribution is 2.43. The van der Waals surface area contributed by atoms with Gasteiger partial charge in [0.1, 0.15) is 11.5 Å². The average Bonchev–Trinajstić information content (AvgIpc) is 2.72. The minimum Gasteiger partial charge on any atom is -0.457 e. The van der Waals surface area contributed by atoms with Crippen molar-refractivity contribution in [2.24, 2.45) is 0 Å². The molecule has 0 bridgehead atoms. The second kappa shape index (κ2) is 8.41. The molecule has 0 atom stereocenters. The van der Waals surface area contributed by atoms with Crippen LogP contribution in [0, 0.1) is 0 Å². The lowest BCUT2D eigenvalue weighted by Crippen LogP contribution is -2.23. The van der Waals surface area contributed by atoms with Gasteiger partial charge in [0.25, 0.3) is 0 Å². The van der Waals surface area contributed by atoms with Gasteiger partial charge in [0.15, 0.2) is 5.75 Å². The van der Waals surface area contributed by atoms with Gasteiger partial charge in [-0.3, -0.25) is 0 Å². The number of nitrogens with zero attached hydrogens (tertiary/aromatic N) is 1. The predicted octanol–water partition coefficient (Wildman–Crippen LogP) is 5.57. The number of benzene rings is 3. The molecule has 27 heavy (non-hydrogen) atoms. The van der Waals surface area contributed by atoms with Crippen molar-refractivity contribution >= 4 is 22.4 Å². The van der Waals surface area contributed by atoms with Gasteiger partial charge >= 0.3 is 5.97 Å². The largest absolute Gasteiger partial charge is 0.457 e. The molecule has 3 rings (SSSR count). The molecule has 4 nitrogen and oxygen atoms in total. The lowest BCUT2D eigenvalue weighted by atomic mass is 10.1. The van der Waals surface area contributed by atoms with Crippen LogP contribution in [0.5, 0.6) is 17.2 Å². The monoisotopic (exact) mass is 361 g/mol. The number of carbonyl (C=O) groups excluding carboxylic acids is 1. The first-order valence-corrected chi connectivity index (χ1v) is 9.05. The SMILES string of the molecule is C=CC(=O)Oc1c(N(CC)CC)cc(Oc2ccccc2)c2ccccc12. The van der Waals surface area contributed by atoms with Crippen LogP contribution in [0.4, 0.5) is 5.69 Å². The summed E-state index contributed by atoms with van der Waals surface area (Å²) < 4.78 is 11.8. The van der Waals surface area contributed by atoms with Gasteiger partial charge in [-0.15, -0.1) is 0 Å². The number of ether oxygens (including phenoxy) is 2. The molecule has 3 aromatic rings. The summed E-state index contributed by atoms with van der Waals surface area (Å²) in [4.78, 5) is 14.1. The average molecular weight is 361 g/mol. The number of carbonyl (C=O) groups is 1. The molecule has 0 aliphatic heterocycles. The van der Waals surface area contributed by atoms with Crippen LogP contribution in [0.15, 0.2) is 73.3 Å². The smallest absolute Gasteiger partial charge is 0.335 e. The van der Waals surface area contributed by atoms with Crippen molar-refractivity contribution in [3.63, 3.8) is 0 Å². The molecule has 0 amide bonds. The van der Waals surface area contributed by atoms with E-state index in [4.69, 9.17) is 9.47 Å². The molecule has 0 spiro atoms. The van der Waals surface area contributed by atoms with Crippen LogP contribution >= 0.6 is 0 Å². The lowest BCUT2D eigenvalue weighted by molar-refractivity contribution is -0.128. The molecule has 4 heteroatoms. The van der Waals surface area contributed by atoms with E-state index >= 15 is 0 Å². The zero-order valence-electron chi connectivity index (χ0n) is 15.6. The molecule has 138 valence electrons. The topological polar surface area (TPSA) is 38.8 Å². The summed E-state index contributed by atoms with van der Waals surface area (Å²) in [5, 5.41) is 1.70. The molecule has 0 fully saturated rings. The molecule has 0 aliphatic rings. The third-order valence-corrected chi connectivity index (χ3v) is 4.38. The molecule has 0 saturated carbocycles. The lowest BCUT2D eigenvalue weighted by Gasteiger charge is -2.25. The van der Waals surface area contributed by atoms with Crippen LogP contribution in [0.1, 0.15) is 13.8 Å². The maximum Gasteiger partial charge on any atom is 0.335 e. The fraction of sp³-hybridized carbons (Fsp3) is 0.174. The molecule has 0 N–H and O–H groups in total. The van der Waals surface area contributed by atoms with E-state index in [-0.39, 0.29) is 0 Å². The van der Waals surface area contributed by atoms with Gasteiger partial charge in [0.2, 0.25) is 0 Å². The van der Waals surface area contributed by atoms with Crippen LogP contribution in [0.3, 0.4) is 0 Å². The highest BCUT2D eigenvalue weighted by atomic mass is 16.5. The first kappa shape index (κ1) is 18.5. The highest BCUT2D eigenvalue weighted by Gasteiger charge is 2.19. The third kappa shape index (κ3) is 3.95. The fourth-order valence-electron chi connectivity index (χ4n) is 3.05. The molecular weight excluding hydrogens is 338 g/mol. The van der Waals surface area contributed by atoms with E-state index in [9.17, 15) is 4.79 Å². The van der Waals surface area contributed by atoms with E-state index in [2.05, 4.69) is 25.3 Å². The highest BCUT2D eigenvalue weighted by molar-refractivity contribution is 6.00. The van der Waals surface area contributed by atoms with Crippen molar-refractivity contribution in [1.82, 2.24) is 0 Å². The number of fused-ring (bicyclic) bond motifs is 1. The van der Waals surface area contributed by atoms with Gasteiger partial charge in [-0.25, -0.2) is 4.79 Å². The first-order chi connectivity index (χ1) is 13.2. The Kier molecular flexibility index (Phi) is 5.77. The molecule has 0 saturated heterocycles. The van der Waals surface area contributed by atoms with Crippen LogP contribution in [-0.4, -0.2) is 19.1 Å². The van der Waals surface area contributed by atoms with E-state index in [1.165, 1.54) is 6.08 Å². The standard InChI is InChI=1S/C23H23NO3/c1-4-22(25)27-23-19-15-11-10-14-18(19)21(16-20(23)24(5-2)6-3)26-17-12-8-7-9-13-17/h4,7-16H,1,5-6H2,2-3H3. The molecule has 0 heterocycles. The summed E-state index contributed by atoms with van der Waals surface area (Å²) >= 11 is 0. The van der Waals surface area contributed by atoms with E-state index in [1.807, 2.05) is 60.7 Å². The Hall–Kier alpha value is -3.27. The fourth-order valence-corrected chi connectivity index (χ4v) is 3.05. The summed E-state index contributed by atoms with van der Waals surface area (Å²) in [7, 11) is 0. The minimum atomic E-state index is -0.481. The van der Waals surface area contributed by atoms with Crippen LogP contribution < -0.4 is 14.4 Å². The predicted molar refractivity (Wildman–Crippen MR) is 110 cm³/mol. The van der Waals surface area contributed by atoms with Crippen molar-refractivity contribution < 1.29 is 14.3 Å². The maximum atomic E-state index is 12.0. The van der Waals surface area contributed by atoms with Crippen molar-refractivity contribution in [2.75, 3.05) is 18.0 Å². The van der Waals surface area contributed by atoms with E-state index in [0.29, 0.717) is 5.75 Å². The van der Waals surface area contributed by atoms with Crippen molar-refractivity contribution in [3.8, 4) is 17.2 Å². The molecular formula is C23H23NO3. The van der Waals surface area contributed by atoms with Gasteiger partial charge in [-0.1, -0.05) is 49.0 Å². The van der Waals surface area contributed by atoms with Crippen molar-refractivity contribution in [2.45, 2.75) is 13.8 Å². The summed E-state index contributed by atoms with van der Waals surface area (Å²) in [6.45, 7) is 9.19. The first-order valence-electron chi connectivity index (χ1n) is 9.05. The van der Waals surface area contributed by atoms with E-state index < -0.39 is 5.97 Å². The zero-order valence-corrected chi connectivity index (χ0v) is 15.6. The Balaban J connectivity index is 2.23. The summed E-state index contributed by atoms with van der Waals surface area (Å²) in [6.07, 6.45) is 1.18. The Morgan fingerprint density at radius 2 is 1.63 bits per heavy atom. The quantitative estimate of drug-likeness (QED) is 0.313. The van der Waals surface area contributed by atoms with Crippen LogP contribution in [0.2, 0.25) is 0 Å². The summed E-state index contributed by atoms with van der Waals surface area (Å²) in [5.74, 6) is 1.52. The summed E-state index contributed by atoms with van der Waals surface area (Å²) in [6, 6.07) is 19.3. The summed E-state index contributed by atoms with van der Waals surface area (Å²) in [5.41, 5.74) is 0.819. The number of hydrogen-bond acceptors (Lipinski definition) is 4. The zero-order chi connectivity index (χ0) is 19.2. The molecule has 0 radical (unpaired) electrons. The van der Waals surface area contributed by atoms with Gasteiger partial charge in [0, 0.05) is 36.0 Å². The molecule has 0 aliphatic carbocycles. The Morgan fingerprint density at radius 1 is 1.00 bits per heavy atom. The minimum absolute atomic E-state index is 0.481. The number of para-hydroxylation sites is 1. The Labute approximate surface area is 159 Å². The molecule has 0 unspecified atom stereocenters. The second-order valence-corrected chi connectivity index (χ2v) is 5.98. The maximum absolute atomic E-state index is 12.0. The number of hydrogen-bond donors (Lipinski definition) is 0. The van der Waals surface area contributed by atoms with Crippen molar-refractivity contribution in [3.05, 3.63) is 73.3 Å². The van der Waals surface area contributed by atoms with Gasteiger partial charge in [-0.2, -0.15) is 0 Å². The Bertz CT molecular complexity index is 946. The Morgan fingerprint density at radius 3 is 2.26 bits per heavy atom. The van der Waals surface area contributed by atoms with Crippen molar-refractivity contribution in [1.29, 1.82) is 0 Å². The van der Waals surface area contributed by atoms with E-state index in [1.54, 1.807) is 0 Å². The second-order valence-electron chi connectivity index (χ2n) is 5.98. The van der Waals surface area contributed by atoms with Crippen LogP contribution in [-0.2, 0) is 4.79 Å². The van der Waals surface area contributed by atoms with Gasteiger partial charge in [0.05, 0.1) is 5.69 Å². The number of rotatable bonds is 7. The van der Waals surface area contributed by atoms with E-state index in [0.717, 1.165) is 41.0 Å². The number of anilines is 1. The van der Waals surface area contributed by atoms with Crippen LogP contribution in [0.25, 0.3) is 10.8 Å². The molecule has 0 aromatic heterocycles. The molecule has 3 aromatic carbocycles. The van der Waals surface area contributed by atoms with Gasteiger partial charge in [-0.05, 0) is 26.0 Å². The third-order valence-electron chi connectivity index (χ3n) is 4.38. The normalized spacial score (nSPS) is 10.4. The van der Waals surface area contributed by atoms with Gasteiger partial charge < -0.3 is 14.4 Å². The number of esters is 1.